The Balaban J connectivity index is 1.84. The van der Waals surface area contributed by atoms with E-state index in [9.17, 15) is 0 Å². The summed E-state index contributed by atoms with van der Waals surface area (Å²) in [6.07, 6.45) is 7.01. The quantitative estimate of drug-likeness (QED) is 0.540. The van der Waals surface area contributed by atoms with E-state index in [1.54, 1.807) is 0 Å². The summed E-state index contributed by atoms with van der Waals surface area (Å²) in [7, 11) is 2.20. The maximum Gasteiger partial charge on any atom is 0.0233 e. The van der Waals surface area contributed by atoms with Crippen LogP contribution >= 0.6 is 0 Å². The number of benzene rings is 1. The Morgan fingerprint density at radius 2 is 2.05 bits per heavy atom. The fraction of sp³-hybridized carbons (Fsp3) is 0.529. The van der Waals surface area contributed by atoms with Crippen molar-refractivity contribution < 1.29 is 0 Å². The van der Waals surface area contributed by atoms with E-state index in [4.69, 9.17) is 0 Å². The standard InChI is InChI=1S/C17H26N2/c1-3-4-7-12-19(2)14-16-9-6-5-8-15(16)13-18-17-10-11-17/h3,5-6,8-9,17-18H,1,4,7,10-14H2,2H3. The van der Waals surface area contributed by atoms with E-state index in [2.05, 4.69) is 48.1 Å². The minimum atomic E-state index is 0.776. The fourth-order valence-corrected chi connectivity index (χ4v) is 2.30. The molecule has 1 aliphatic carbocycles. The molecule has 0 atom stereocenters. The zero-order valence-electron chi connectivity index (χ0n) is 12.1. The number of nitrogens with one attached hydrogen (secondary N) is 1. The van der Waals surface area contributed by atoms with Gasteiger partial charge in [-0.25, -0.2) is 0 Å². The first-order chi connectivity index (χ1) is 9.29. The van der Waals surface area contributed by atoms with E-state index in [0.29, 0.717) is 0 Å². The third-order valence-corrected chi connectivity index (χ3v) is 3.67. The molecule has 1 aromatic carbocycles. The molecule has 0 amide bonds. The van der Waals surface area contributed by atoms with Crippen molar-refractivity contribution in [3.05, 3.63) is 48.0 Å². The summed E-state index contributed by atoms with van der Waals surface area (Å²) in [4.78, 5) is 2.40. The fourth-order valence-electron chi connectivity index (χ4n) is 2.30. The molecule has 0 radical (unpaired) electrons. The Morgan fingerprint density at radius 1 is 1.32 bits per heavy atom. The number of nitrogens with zero attached hydrogens (tertiary/aromatic N) is 1. The smallest absolute Gasteiger partial charge is 0.0233 e. The Labute approximate surface area is 117 Å². The lowest BCUT2D eigenvalue weighted by molar-refractivity contribution is 0.322. The van der Waals surface area contributed by atoms with Crippen LogP contribution in [0.5, 0.6) is 0 Å². The molecule has 0 spiro atoms. The normalized spacial score (nSPS) is 14.8. The van der Waals surface area contributed by atoms with Crippen molar-refractivity contribution in [3.63, 3.8) is 0 Å². The van der Waals surface area contributed by atoms with Crippen molar-refractivity contribution in [2.75, 3.05) is 13.6 Å². The molecule has 0 bridgehead atoms. The summed E-state index contributed by atoms with van der Waals surface area (Å²) in [5.74, 6) is 0. The maximum atomic E-state index is 3.78. The molecule has 0 aliphatic heterocycles. The van der Waals surface area contributed by atoms with Crippen molar-refractivity contribution in [3.8, 4) is 0 Å². The monoisotopic (exact) mass is 258 g/mol. The summed E-state index contributed by atoms with van der Waals surface area (Å²) >= 11 is 0. The molecule has 2 rings (SSSR count). The Hall–Kier alpha value is -1.12. The Bertz CT molecular complexity index is 396. The Kier molecular flexibility index (Phi) is 5.62. The van der Waals surface area contributed by atoms with Gasteiger partial charge >= 0.3 is 0 Å². The lowest BCUT2D eigenvalue weighted by Crippen LogP contribution is -2.22. The maximum absolute atomic E-state index is 3.78. The van der Waals surface area contributed by atoms with E-state index in [-0.39, 0.29) is 0 Å². The van der Waals surface area contributed by atoms with Crippen molar-refractivity contribution in [1.29, 1.82) is 0 Å². The molecular weight excluding hydrogens is 232 g/mol. The Morgan fingerprint density at radius 3 is 2.74 bits per heavy atom. The molecular formula is C17H26N2. The molecule has 1 aliphatic rings. The molecule has 0 saturated heterocycles. The third kappa shape index (κ3) is 5.17. The molecule has 0 aromatic heterocycles. The minimum absolute atomic E-state index is 0.776. The second kappa shape index (κ2) is 7.46. The van der Waals surface area contributed by atoms with Crippen LogP contribution in [-0.4, -0.2) is 24.5 Å². The lowest BCUT2D eigenvalue weighted by Gasteiger charge is -2.18. The minimum Gasteiger partial charge on any atom is -0.310 e. The van der Waals surface area contributed by atoms with Gasteiger partial charge in [0.15, 0.2) is 0 Å². The predicted molar refractivity (Wildman–Crippen MR) is 82.1 cm³/mol. The van der Waals surface area contributed by atoms with Crippen LogP contribution in [0, 0.1) is 0 Å². The number of unbranched alkanes of at least 4 members (excludes halogenated alkanes) is 1. The third-order valence-electron chi connectivity index (χ3n) is 3.67. The highest BCUT2D eigenvalue weighted by Crippen LogP contribution is 2.20. The largest absolute Gasteiger partial charge is 0.310 e. The number of hydrogen-bond acceptors (Lipinski definition) is 2. The van der Waals surface area contributed by atoms with E-state index < -0.39 is 0 Å². The van der Waals surface area contributed by atoms with Crippen LogP contribution in [0.1, 0.15) is 36.8 Å². The van der Waals surface area contributed by atoms with E-state index in [1.165, 1.54) is 30.4 Å². The molecule has 0 unspecified atom stereocenters. The average Bonchev–Trinajstić information content (AvgIpc) is 3.22. The van der Waals surface area contributed by atoms with Crippen molar-refractivity contribution in [2.24, 2.45) is 0 Å². The average molecular weight is 258 g/mol. The molecule has 1 aromatic rings. The van der Waals surface area contributed by atoms with Crippen LogP contribution in [0.4, 0.5) is 0 Å². The van der Waals surface area contributed by atoms with Crippen LogP contribution < -0.4 is 5.32 Å². The van der Waals surface area contributed by atoms with Crippen LogP contribution in [0.2, 0.25) is 0 Å². The molecule has 0 heterocycles. The second-order valence-electron chi connectivity index (χ2n) is 5.59. The van der Waals surface area contributed by atoms with Crippen molar-refractivity contribution >= 4 is 0 Å². The van der Waals surface area contributed by atoms with Gasteiger partial charge in [0.05, 0.1) is 0 Å². The first-order valence-corrected chi connectivity index (χ1v) is 7.39. The van der Waals surface area contributed by atoms with Gasteiger partial charge in [-0.15, -0.1) is 6.58 Å². The molecule has 2 nitrogen and oxygen atoms in total. The highest BCUT2D eigenvalue weighted by molar-refractivity contribution is 5.27. The lowest BCUT2D eigenvalue weighted by atomic mass is 10.1. The molecule has 1 saturated carbocycles. The van der Waals surface area contributed by atoms with Gasteiger partial charge in [0, 0.05) is 19.1 Å². The van der Waals surface area contributed by atoms with Crippen LogP contribution in [0.15, 0.2) is 36.9 Å². The highest BCUT2D eigenvalue weighted by Gasteiger charge is 2.20. The number of hydrogen-bond donors (Lipinski definition) is 1. The van der Waals surface area contributed by atoms with Gasteiger partial charge in [-0.1, -0.05) is 30.3 Å². The zero-order valence-corrected chi connectivity index (χ0v) is 12.1. The van der Waals surface area contributed by atoms with Gasteiger partial charge in [-0.05, 0) is 50.4 Å². The molecule has 104 valence electrons. The molecule has 19 heavy (non-hydrogen) atoms. The van der Waals surface area contributed by atoms with Crippen LogP contribution in [-0.2, 0) is 13.1 Å². The van der Waals surface area contributed by atoms with Gasteiger partial charge in [-0.3, -0.25) is 0 Å². The topological polar surface area (TPSA) is 15.3 Å². The number of rotatable bonds is 9. The molecule has 1 N–H and O–H groups in total. The predicted octanol–water partition coefficient (Wildman–Crippen LogP) is 3.34. The summed E-state index contributed by atoms with van der Waals surface area (Å²) in [5.41, 5.74) is 2.90. The highest BCUT2D eigenvalue weighted by atomic mass is 15.1. The van der Waals surface area contributed by atoms with Crippen LogP contribution in [0.3, 0.4) is 0 Å². The summed E-state index contributed by atoms with van der Waals surface area (Å²) in [5, 5.41) is 3.61. The summed E-state index contributed by atoms with van der Waals surface area (Å²) < 4.78 is 0. The molecule has 2 heteroatoms. The first-order valence-electron chi connectivity index (χ1n) is 7.39. The van der Waals surface area contributed by atoms with Gasteiger partial charge in [0.2, 0.25) is 0 Å². The summed E-state index contributed by atoms with van der Waals surface area (Å²) in [6, 6.07) is 9.58. The summed E-state index contributed by atoms with van der Waals surface area (Å²) in [6.45, 7) is 6.97. The van der Waals surface area contributed by atoms with Gasteiger partial charge in [-0.2, -0.15) is 0 Å². The second-order valence-corrected chi connectivity index (χ2v) is 5.59. The van der Waals surface area contributed by atoms with Gasteiger partial charge in [0.25, 0.3) is 0 Å². The van der Waals surface area contributed by atoms with Crippen LogP contribution in [0.25, 0.3) is 0 Å². The number of allylic oxidation sites excluding steroid dienone is 1. The van der Waals surface area contributed by atoms with E-state index in [1.807, 2.05) is 6.08 Å². The molecule has 1 fully saturated rings. The van der Waals surface area contributed by atoms with E-state index in [0.717, 1.165) is 32.1 Å². The van der Waals surface area contributed by atoms with Crippen molar-refractivity contribution in [1.82, 2.24) is 10.2 Å². The first kappa shape index (κ1) is 14.3. The van der Waals surface area contributed by atoms with Gasteiger partial charge < -0.3 is 10.2 Å². The van der Waals surface area contributed by atoms with E-state index >= 15 is 0 Å². The van der Waals surface area contributed by atoms with Crippen molar-refractivity contribution in [2.45, 2.75) is 44.8 Å². The van der Waals surface area contributed by atoms with Gasteiger partial charge in [0.1, 0.15) is 0 Å². The SMILES string of the molecule is C=CCCCN(C)Cc1ccccc1CNC1CC1. The zero-order chi connectivity index (χ0) is 13.5.